The van der Waals surface area contributed by atoms with Crippen molar-refractivity contribution < 1.29 is 19.1 Å². The predicted molar refractivity (Wildman–Crippen MR) is 116 cm³/mol. The Morgan fingerprint density at radius 2 is 1.58 bits per heavy atom. The van der Waals surface area contributed by atoms with Gasteiger partial charge in [-0.3, -0.25) is 24.2 Å². The van der Waals surface area contributed by atoms with Crippen LogP contribution in [0.3, 0.4) is 0 Å². The molecule has 9 heteroatoms. The number of hydrogen-bond acceptors (Lipinski definition) is 6. The van der Waals surface area contributed by atoms with Crippen LogP contribution >= 0.6 is 0 Å². The number of nitrogens with one attached hydrogen (secondary N) is 2. The van der Waals surface area contributed by atoms with E-state index in [2.05, 4.69) is 15.5 Å². The third-order valence-corrected chi connectivity index (χ3v) is 5.91. The SMILES string of the molecule is O=C(CN1CCN(C(=O)CN2CCOCC2)CC1)Nc1ccccc1C(=O)NC1CC1. The molecule has 3 fully saturated rings. The second-order valence-corrected chi connectivity index (χ2v) is 8.39. The van der Waals surface area contributed by atoms with Gasteiger partial charge in [-0.2, -0.15) is 0 Å². The van der Waals surface area contributed by atoms with Crippen LogP contribution in [0.1, 0.15) is 23.2 Å². The Morgan fingerprint density at radius 1 is 0.903 bits per heavy atom. The largest absolute Gasteiger partial charge is 0.379 e. The van der Waals surface area contributed by atoms with Gasteiger partial charge in [0.2, 0.25) is 11.8 Å². The predicted octanol–water partition coefficient (Wildman–Crippen LogP) is -0.00630. The fraction of sp³-hybridized carbons (Fsp3) is 0.591. The first-order chi connectivity index (χ1) is 15.1. The van der Waals surface area contributed by atoms with Gasteiger partial charge < -0.3 is 20.3 Å². The molecule has 0 aromatic heterocycles. The fourth-order valence-electron chi connectivity index (χ4n) is 3.88. The van der Waals surface area contributed by atoms with Crippen molar-refractivity contribution in [1.29, 1.82) is 0 Å². The van der Waals surface area contributed by atoms with Gasteiger partial charge in [0.25, 0.3) is 5.91 Å². The van der Waals surface area contributed by atoms with Crippen LogP contribution in [0.5, 0.6) is 0 Å². The summed E-state index contributed by atoms with van der Waals surface area (Å²) >= 11 is 0. The Kier molecular flexibility index (Phi) is 7.16. The average Bonchev–Trinajstić information content (AvgIpc) is 3.59. The van der Waals surface area contributed by atoms with E-state index in [4.69, 9.17) is 4.74 Å². The molecule has 0 bridgehead atoms. The molecular weight excluding hydrogens is 398 g/mol. The van der Waals surface area contributed by atoms with Crippen LogP contribution in [-0.4, -0.2) is 104 Å². The van der Waals surface area contributed by atoms with Crippen molar-refractivity contribution in [2.24, 2.45) is 0 Å². The molecule has 1 aromatic carbocycles. The molecule has 3 amide bonds. The van der Waals surface area contributed by atoms with Crippen LogP contribution in [0, 0.1) is 0 Å². The van der Waals surface area contributed by atoms with Gasteiger partial charge in [-0.15, -0.1) is 0 Å². The van der Waals surface area contributed by atoms with Gasteiger partial charge in [0.1, 0.15) is 0 Å². The summed E-state index contributed by atoms with van der Waals surface area (Å²) in [6.07, 6.45) is 2.03. The number of carbonyl (C=O) groups is 3. The van der Waals surface area contributed by atoms with E-state index in [1.165, 1.54) is 0 Å². The highest BCUT2D eigenvalue weighted by molar-refractivity contribution is 6.04. The third kappa shape index (κ3) is 6.25. The first-order valence-electron chi connectivity index (χ1n) is 11.1. The first kappa shape index (κ1) is 21.7. The Hall–Kier alpha value is -2.49. The van der Waals surface area contributed by atoms with Crippen molar-refractivity contribution in [3.8, 4) is 0 Å². The topological polar surface area (TPSA) is 94.2 Å². The number of amides is 3. The number of carbonyl (C=O) groups excluding carboxylic acids is 3. The molecule has 1 aromatic rings. The van der Waals surface area contributed by atoms with Crippen LogP contribution in [0.15, 0.2) is 24.3 Å². The number of nitrogens with zero attached hydrogens (tertiary/aromatic N) is 3. The summed E-state index contributed by atoms with van der Waals surface area (Å²) in [5.74, 6) is -0.160. The molecule has 1 aliphatic carbocycles. The summed E-state index contributed by atoms with van der Waals surface area (Å²) in [5, 5.41) is 5.84. The summed E-state index contributed by atoms with van der Waals surface area (Å²) in [7, 11) is 0. The minimum Gasteiger partial charge on any atom is -0.379 e. The molecule has 1 saturated carbocycles. The molecule has 9 nitrogen and oxygen atoms in total. The maximum Gasteiger partial charge on any atom is 0.253 e. The van der Waals surface area contributed by atoms with Crippen molar-refractivity contribution in [2.45, 2.75) is 18.9 Å². The van der Waals surface area contributed by atoms with E-state index in [1.54, 1.807) is 18.2 Å². The minimum atomic E-state index is -0.153. The number of piperazine rings is 1. The van der Waals surface area contributed by atoms with E-state index >= 15 is 0 Å². The van der Waals surface area contributed by atoms with E-state index < -0.39 is 0 Å². The summed E-state index contributed by atoms with van der Waals surface area (Å²) in [6.45, 7) is 6.20. The lowest BCUT2D eigenvalue weighted by Crippen LogP contribution is -2.53. The Morgan fingerprint density at radius 3 is 2.29 bits per heavy atom. The highest BCUT2D eigenvalue weighted by atomic mass is 16.5. The first-order valence-corrected chi connectivity index (χ1v) is 11.1. The number of anilines is 1. The smallest absolute Gasteiger partial charge is 0.253 e. The molecule has 4 rings (SSSR count). The molecular formula is C22H31N5O4. The quantitative estimate of drug-likeness (QED) is 0.634. The highest BCUT2D eigenvalue weighted by Crippen LogP contribution is 2.21. The third-order valence-electron chi connectivity index (χ3n) is 5.91. The molecule has 0 spiro atoms. The van der Waals surface area contributed by atoms with Gasteiger partial charge in [-0.25, -0.2) is 0 Å². The maximum atomic E-state index is 12.6. The fourth-order valence-corrected chi connectivity index (χ4v) is 3.88. The normalized spacial score (nSPS) is 20.3. The van der Waals surface area contributed by atoms with Crippen molar-refractivity contribution in [2.75, 3.05) is 70.9 Å². The molecule has 2 aliphatic heterocycles. The van der Waals surface area contributed by atoms with Gasteiger partial charge in [-0.05, 0) is 25.0 Å². The maximum absolute atomic E-state index is 12.6. The summed E-state index contributed by atoms with van der Waals surface area (Å²) in [5.41, 5.74) is 1.02. The van der Waals surface area contributed by atoms with Gasteiger partial charge in [0, 0.05) is 45.3 Å². The van der Waals surface area contributed by atoms with Gasteiger partial charge in [0.15, 0.2) is 0 Å². The number of benzene rings is 1. The standard InChI is InChI=1S/C22H31N5O4/c28-20(24-19-4-2-1-3-18(19)22(30)23-17-5-6-17)15-25-7-9-27(10-8-25)21(29)16-26-11-13-31-14-12-26/h1-4,17H,5-16H2,(H,23,30)(H,24,28). The number of hydrogen-bond donors (Lipinski definition) is 2. The van der Waals surface area contributed by atoms with Crippen molar-refractivity contribution in [3.63, 3.8) is 0 Å². The molecule has 2 saturated heterocycles. The number of rotatable bonds is 7. The lowest BCUT2D eigenvalue weighted by atomic mass is 10.1. The number of ether oxygens (including phenoxy) is 1. The zero-order valence-electron chi connectivity index (χ0n) is 17.8. The van der Waals surface area contributed by atoms with Crippen LogP contribution in [0.2, 0.25) is 0 Å². The lowest BCUT2D eigenvalue weighted by Gasteiger charge is -2.36. The second kappa shape index (κ2) is 10.2. The highest BCUT2D eigenvalue weighted by Gasteiger charge is 2.26. The van der Waals surface area contributed by atoms with E-state index in [-0.39, 0.29) is 30.3 Å². The van der Waals surface area contributed by atoms with E-state index in [9.17, 15) is 14.4 Å². The molecule has 31 heavy (non-hydrogen) atoms. The lowest BCUT2D eigenvalue weighted by molar-refractivity contribution is -0.135. The average molecular weight is 430 g/mol. The Balaban J connectivity index is 1.22. The summed E-state index contributed by atoms with van der Waals surface area (Å²) in [4.78, 5) is 43.6. The molecule has 2 heterocycles. The van der Waals surface area contributed by atoms with Gasteiger partial charge in [0.05, 0.1) is 37.6 Å². The van der Waals surface area contributed by atoms with Crippen LogP contribution < -0.4 is 10.6 Å². The van der Waals surface area contributed by atoms with Gasteiger partial charge >= 0.3 is 0 Å². The van der Waals surface area contributed by atoms with E-state index in [0.29, 0.717) is 57.2 Å². The monoisotopic (exact) mass is 429 g/mol. The van der Waals surface area contributed by atoms with Crippen molar-refractivity contribution >= 4 is 23.4 Å². The number of para-hydroxylation sites is 1. The Bertz CT molecular complexity index is 799. The van der Waals surface area contributed by atoms with Gasteiger partial charge in [-0.1, -0.05) is 12.1 Å². The van der Waals surface area contributed by atoms with Crippen LogP contribution in [0.25, 0.3) is 0 Å². The van der Waals surface area contributed by atoms with E-state index in [1.807, 2.05) is 15.9 Å². The zero-order valence-corrected chi connectivity index (χ0v) is 17.8. The molecule has 0 unspecified atom stereocenters. The van der Waals surface area contributed by atoms with Crippen LogP contribution in [-0.2, 0) is 14.3 Å². The zero-order chi connectivity index (χ0) is 21.6. The van der Waals surface area contributed by atoms with Crippen molar-refractivity contribution in [3.05, 3.63) is 29.8 Å². The van der Waals surface area contributed by atoms with Crippen LogP contribution in [0.4, 0.5) is 5.69 Å². The molecule has 0 atom stereocenters. The summed E-state index contributed by atoms with van der Waals surface area (Å²) in [6, 6.07) is 7.35. The molecule has 2 N–H and O–H groups in total. The van der Waals surface area contributed by atoms with Crippen molar-refractivity contribution in [1.82, 2.24) is 20.0 Å². The minimum absolute atomic E-state index is 0.140. The Labute approximate surface area is 182 Å². The molecule has 168 valence electrons. The molecule has 3 aliphatic rings. The second-order valence-electron chi connectivity index (χ2n) is 8.39. The van der Waals surface area contributed by atoms with E-state index in [0.717, 1.165) is 25.9 Å². The molecule has 0 radical (unpaired) electrons. The number of morpholine rings is 1. The summed E-state index contributed by atoms with van der Waals surface area (Å²) < 4.78 is 5.33.